The number of aliphatic hydroxyl groups is 1. The molecule has 1 atom stereocenters. The fourth-order valence-electron chi connectivity index (χ4n) is 3.83. The summed E-state index contributed by atoms with van der Waals surface area (Å²) in [6.07, 6.45) is 4.38. The SMILES string of the molecule is CCCC(=O)OC[C@H](O)CN(CCC(C)C)Cc1nc2sc3c(c2c(=O)[nH]1)CCC3. The highest BCUT2D eigenvalue weighted by atomic mass is 32.1. The van der Waals surface area contributed by atoms with Crippen LogP contribution < -0.4 is 5.56 Å². The summed E-state index contributed by atoms with van der Waals surface area (Å²) in [7, 11) is 0. The predicted molar refractivity (Wildman–Crippen MR) is 119 cm³/mol. The van der Waals surface area contributed by atoms with Crippen molar-refractivity contribution in [2.75, 3.05) is 19.7 Å². The van der Waals surface area contributed by atoms with E-state index in [9.17, 15) is 14.7 Å². The molecule has 2 aromatic rings. The molecule has 0 saturated heterocycles. The Morgan fingerprint density at radius 2 is 2.17 bits per heavy atom. The van der Waals surface area contributed by atoms with Crippen LogP contribution in [0.3, 0.4) is 0 Å². The number of aliphatic hydroxyl groups excluding tert-OH is 1. The molecule has 2 aromatic heterocycles. The van der Waals surface area contributed by atoms with Crippen molar-refractivity contribution in [3.8, 4) is 0 Å². The van der Waals surface area contributed by atoms with Gasteiger partial charge in [0.1, 0.15) is 23.4 Å². The van der Waals surface area contributed by atoms with Crippen LogP contribution >= 0.6 is 11.3 Å². The highest BCUT2D eigenvalue weighted by molar-refractivity contribution is 7.18. The molecule has 0 aromatic carbocycles. The highest BCUT2D eigenvalue weighted by Crippen LogP contribution is 2.34. The number of aromatic amines is 1. The molecule has 2 heterocycles. The number of hydrogen-bond acceptors (Lipinski definition) is 7. The van der Waals surface area contributed by atoms with Gasteiger partial charge in [0.25, 0.3) is 5.56 Å². The summed E-state index contributed by atoms with van der Waals surface area (Å²) in [5.74, 6) is 0.848. The summed E-state index contributed by atoms with van der Waals surface area (Å²) < 4.78 is 5.15. The third-order valence-electron chi connectivity index (χ3n) is 5.38. The molecule has 7 nitrogen and oxygen atoms in total. The van der Waals surface area contributed by atoms with Crippen molar-refractivity contribution in [3.05, 3.63) is 26.6 Å². The molecule has 166 valence electrons. The fourth-order valence-corrected chi connectivity index (χ4v) is 5.11. The lowest BCUT2D eigenvalue weighted by molar-refractivity contribution is -0.147. The van der Waals surface area contributed by atoms with Crippen molar-refractivity contribution in [2.45, 2.75) is 71.9 Å². The minimum atomic E-state index is -0.779. The zero-order chi connectivity index (χ0) is 21.7. The van der Waals surface area contributed by atoms with E-state index >= 15 is 0 Å². The van der Waals surface area contributed by atoms with Crippen molar-refractivity contribution in [2.24, 2.45) is 5.92 Å². The van der Waals surface area contributed by atoms with Gasteiger partial charge < -0.3 is 14.8 Å². The Bertz CT molecular complexity index is 921. The number of rotatable bonds is 11. The summed E-state index contributed by atoms with van der Waals surface area (Å²) in [4.78, 5) is 36.1. The van der Waals surface area contributed by atoms with Crippen molar-refractivity contribution < 1.29 is 14.6 Å². The van der Waals surface area contributed by atoms with Crippen LogP contribution in [0.2, 0.25) is 0 Å². The van der Waals surface area contributed by atoms with Gasteiger partial charge in [-0.05, 0) is 50.1 Å². The van der Waals surface area contributed by atoms with Gasteiger partial charge in [-0.3, -0.25) is 14.5 Å². The zero-order valence-electron chi connectivity index (χ0n) is 18.2. The molecule has 2 N–H and O–H groups in total. The van der Waals surface area contributed by atoms with Gasteiger partial charge in [-0.2, -0.15) is 0 Å². The second-order valence-corrected chi connectivity index (χ2v) is 9.64. The Labute approximate surface area is 181 Å². The smallest absolute Gasteiger partial charge is 0.305 e. The normalized spacial score (nSPS) is 14.6. The van der Waals surface area contributed by atoms with E-state index in [1.807, 2.05) is 6.92 Å². The van der Waals surface area contributed by atoms with Crippen LogP contribution in [0.25, 0.3) is 10.2 Å². The molecule has 30 heavy (non-hydrogen) atoms. The maximum atomic E-state index is 12.7. The minimum Gasteiger partial charge on any atom is -0.463 e. The molecule has 0 spiro atoms. The first-order valence-electron chi connectivity index (χ1n) is 11.0. The van der Waals surface area contributed by atoms with Gasteiger partial charge in [0, 0.05) is 17.8 Å². The Morgan fingerprint density at radius 1 is 1.37 bits per heavy atom. The fraction of sp³-hybridized carbons (Fsp3) is 0.682. The molecule has 0 unspecified atom stereocenters. The first-order chi connectivity index (χ1) is 14.4. The van der Waals surface area contributed by atoms with Gasteiger partial charge in [-0.15, -0.1) is 11.3 Å². The molecule has 1 aliphatic carbocycles. The quantitative estimate of drug-likeness (QED) is 0.527. The van der Waals surface area contributed by atoms with Crippen molar-refractivity contribution in [1.82, 2.24) is 14.9 Å². The Morgan fingerprint density at radius 3 is 2.90 bits per heavy atom. The number of fused-ring (bicyclic) bond motifs is 3. The molecule has 0 saturated carbocycles. The third kappa shape index (κ3) is 5.89. The summed E-state index contributed by atoms with van der Waals surface area (Å²) in [5, 5.41) is 11.1. The van der Waals surface area contributed by atoms with Crippen LogP contribution in [0.4, 0.5) is 0 Å². The van der Waals surface area contributed by atoms with Gasteiger partial charge in [-0.25, -0.2) is 4.98 Å². The Balaban J connectivity index is 1.69. The molecular weight excluding hydrogens is 402 g/mol. The molecule has 0 amide bonds. The number of ether oxygens (including phenoxy) is 1. The molecule has 0 fully saturated rings. The molecule has 0 bridgehead atoms. The van der Waals surface area contributed by atoms with Crippen LogP contribution in [0.5, 0.6) is 0 Å². The van der Waals surface area contributed by atoms with Gasteiger partial charge in [0.05, 0.1) is 11.9 Å². The van der Waals surface area contributed by atoms with Crippen molar-refractivity contribution >= 4 is 27.5 Å². The van der Waals surface area contributed by atoms with Gasteiger partial charge >= 0.3 is 5.97 Å². The summed E-state index contributed by atoms with van der Waals surface area (Å²) in [6, 6.07) is 0. The lowest BCUT2D eigenvalue weighted by Crippen LogP contribution is -2.37. The minimum absolute atomic E-state index is 0.0162. The third-order valence-corrected chi connectivity index (χ3v) is 6.57. The summed E-state index contributed by atoms with van der Waals surface area (Å²) in [5.41, 5.74) is 1.11. The molecule has 8 heteroatoms. The standard InChI is InChI=1S/C22H33N3O4S/c1-4-6-19(27)29-13-15(26)11-25(10-9-14(2)3)12-18-23-21(28)20-16-7-5-8-17(16)30-22(20)24-18/h14-15,26H,4-13H2,1-3H3,(H,23,24,28)/t15-/m1/s1. The number of aryl methyl sites for hydroxylation is 2. The average Bonchev–Trinajstić information content (AvgIpc) is 3.25. The van der Waals surface area contributed by atoms with E-state index in [0.717, 1.165) is 48.9 Å². The molecular formula is C22H33N3O4S. The first kappa shape index (κ1) is 22.9. The number of aromatic nitrogens is 2. The van der Waals surface area contributed by atoms with E-state index < -0.39 is 6.10 Å². The number of esters is 1. The Hall–Kier alpha value is -1.77. The predicted octanol–water partition coefficient (Wildman–Crippen LogP) is 3.03. The maximum Gasteiger partial charge on any atom is 0.305 e. The molecule has 1 aliphatic rings. The number of H-pyrrole nitrogens is 1. The van der Waals surface area contributed by atoms with E-state index in [1.165, 1.54) is 10.4 Å². The van der Waals surface area contributed by atoms with E-state index in [4.69, 9.17) is 9.72 Å². The van der Waals surface area contributed by atoms with E-state index in [2.05, 4.69) is 23.7 Å². The van der Waals surface area contributed by atoms with Crippen LogP contribution in [-0.2, 0) is 28.9 Å². The van der Waals surface area contributed by atoms with Crippen LogP contribution in [-0.4, -0.2) is 51.7 Å². The van der Waals surface area contributed by atoms with Gasteiger partial charge in [-0.1, -0.05) is 20.8 Å². The number of hydrogen-bond donors (Lipinski definition) is 2. The van der Waals surface area contributed by atoms with E-state index in [1.54, 1.807) is 11.3 Å². The van der Waals surface area contributed by atoms with Crippen LogP contribution in [0.15, 0.2) is 4.79 Å². The maximum absolute atomic E-state index is 12.7. The van der Waals surface area contributed by atoms with Crippen molar-refractivity contribution in [3.63, 3.8) is 0 Å². The van der Waals surface area contributed by atoms with E-state index in [0.29, 0.717) is 31.3 Å². The number of nitrogens with one attached hydrogen (secondary N) is 1. The second kappa shape index (κ2) is 10.5. The molecule has 0 aliphatic heterocycles. The number of carbonyl (C=O) groups excluding carboxylic acids is 1. The monoisotopic (exact) mass is 435 g/mol. The summed E-state index contributed by atoms with van der Waals surface area (Å²) >= 11 is 1.63. The number of carbonyl (C=O) groups is 1. The lowest BCUT2D eigenvalue weighted by atomic mass is 10.1. The zero-order valence-corrected chi connectivity index (χ0v) is 19.0. The van der Waals surface area contributed by atoms with Gasteiger partial charge in [0.15, 0.2) is 0 Å². The molecule has 0 radical (unpaired) electrons. The summed E-state index contributed by atoms with van der Waals surface area (Å²) in [6.45, 7) is 7.77. The average molecular weight is 436 g/mol. The van der Waals surface area contributed by atoms with Crippen LogP contribution in [0.1, 0.15) is 62.7 Å². The molecule has 3 rings (SSSR count). The van der Waals surface area contributed by atoms with Crippen molar-refractivity contribution in [1.29, 1.82) is 0 Å². The van der Waals surface area contributed by atoms with Crippen LogP contribution in [0, 0.1) is 5.92 Å². The second-order valence-electron chi connectivity index (χ2n) is 8.55. The largest absolute Gasteiger partial charge is 0.463 e. The van der Waals surface area contributed by atoms with Gasteiger partial charge in [0.2, 0.25) is 0 Å². The highest BCUT2D eigenvalue weighted by Gasteiger charge is 2.22. The lowest BCUT2D eigenvalue weighted by Gasteiger charge is -2.25. The number of thiophene rings is 1. The Kier molecular flexibility index (Phi) is 8.02. The first-order valence-corrected chi connectivity index (χ1v) is 11.8. The number of nitrogens with zero attached hydrogens (tertiary/aromatic N) is 2. The van der Waals surface area contributed by atoms with E-state index in [-0.39, 0.29) is 18.1 Å². The topological polar surface area (TPSA) is 95.5 Å².